The molecule has 1 aromatic carbocycles. The zero-order chi connectivity index (χ0) is 15.7. The maximum atomic E-state index is 12.8. The third-order valence-corrected chi connectivity index (χ3v) is 7.38. The summed E-state index contributed by atoms with van der Waals surface area (Å²) in [6.45, 7) is 6.80. The summed E-state index contributed by atoms with van der Waals surface area (Å²) in [7, 11) is -3.38. The maximum Gasteiger partial charge on any atom is 0.243 e. The molecule has 8 heteroatoms. The number of piperazine rings is 1. The summed E-state index contributed by atoms with van der Waals surface area (Å²) in [6.07, 6.45) is 1.17. The van der Waals surface area contributed by atoms with Crippen LogP contribution in [0.25, 0.3) is 0 Å². The van der Waals surface area contributed by atoms with Crippen LogP contribution in [0.1, 0.15) is 12.0 Å². The van der Waals surface area contributed by atoms with Gasteiger partial charge in [-0.15, -0.1) is 12.4 Å². The van der Waals surface area contributed by atoms with Gasteiger partial charge in [0.2, 0.25) is 10.0 Å². The smallest absolute Gasteiger partial charge is 0.243 e. The number of aryl methyl sites for hydroxylation is 1. The van der Waals surface area contributed by atoms with Crippen LogP contribution in [0.3, 0.4) is 0 Å². The summed E-state index contributed by atoms with van der Waals surface area (Å²) in [5.41, 5.74) is 0.941. The molecule has 0 aliphatic carbocycles. The Balaban J connectivity index is 0.00000192. The number of hydrogen-bond donors (Lipinski definition) is 1. The fourth-order valence-electron chi connectivity index (χ4n) is 3.19. The molecule has 0 spiro atoms. The molecule has 1 aromatic rings. The first-order valence-corrected chi connectivity index (χ1v) is 9.93. The zero-order valence-electron chi connectivity index (χ0n) is 13.2. The van der Waals surface area contributed by atoms with Crippen LogP contribution < -0.4 is 5.32 Å². The van der Waals surface area contributed by atoms with Crippen molar-refractivity contribution in [3.05, 3.63) is 28.2 Å². The van der Waals surface area contributed by atoms with E-state index in [-0.39, 0.29) is 12.4 Å². The first-order chi connectivity index (χ1) is 10.5. The number of hydrogen-bond acceptors (Lipinski definition) is 4. The monoisotopic (exact) mass is 423 g/mol. The fraction of sp³-hybridized carbons (Fsp3) is 0.600. The van der Waals surface area contributed by atoms with E-state index in [0.29, 0.717) is 24.0 Å². The molecule has 0 amide bonds. The second-order valence-electron chi connectivity index (χ2n) is 6.00. The lowest BCUT2D eigenvalue weighted by Gasteiger charge is -2.37. The highest BCUT2D eigenvalue weighted by Crippen LogP contribution is 2.24. The van der Waals surface area contributed by atoms with Gasteiger partial charge in [0, 0.05) is 43.2 Å². The van der Waals surface area contributed by atoms with Gasteiger partial charge < -0.3 is 5.32 Å². The van der Waals surface area contributed by atoms with Crippen molar-refractivity contribution in [3.63, 3.8) is 0 Å². The maximum absolute atomic E-state index is 12.8. The van der Waals surface area contributed by atoms with Gasteiger partial charge in [-0.3, -0.25) is 4.90 Å². The van der Waals surface area contributed by atoms with Gasteiger partial charge in [0.05, 0.1) is 4.90 Å². The molecule has 1 atom stereocenters. The molecule has 1 N–H and O–H groups in total. The average molecular weight is 425 g/mol. The minimum atomic E-state index is -3.38. The molecule has 0 saturated carbocycles. The Bertz CT molecular complexity index is 642. The standard InChI is InChI=1S/C15H22BrN3O2S.ClH/c1-12-10-14(2-3-15(12)16)22(20,21)19-8-6-18(7-9-19)13-4-5-17-11-13;/h2-3,10,13,17H,4-9,11H2,1H3;1H. The molecule has 23 heavy (non-hydrogen) atoms. The molecule has 2 fully saturated rings. The van der Waals surface area contributed by atoms with E-state index in [1.807, 2.05) is 13.0 Å². The van der Waals surface area contributed by atoms with E-state index < -0.39 is 10.0 Å². The highest BCUT2D eigenvalue weighted by Gasteiger charge is 2.31. The van der Waals surface area contributed by atoms with E-state index in [1.165, 1.54) is 6.42 Å². The molecule has 2 aliphatic rings. The Kier molecular flexibility index (Phi) is 6.49. The second-order valence-corrected chi connectivity index (χ2v) is 8.79. The normalized spacial score (nSPS) is 23.7. The fourth-order valence-corrected chi connectivity index (χ4v) is 4.94. The third-order valence-electron chi connectivity index (χ3n) is 4.59. The van der Waals surface area contributed by atoms with Crippen LogP contribution >= 0.6 is 28.3 Å². The van der Waals surface area contributed by atoms with Gasteiger partial charge in [-0.05, 0) is 43.7 Å². The van der Waals surface area contributed by atoms with E-state index in [0.717, 1.165) is 36.2 Å². The van der Waals surface area contributed by atoms with Crippen LogP contribution in [-0.2, 0) is 10.0 Å². The van der Waals surface area contributed by atoms with Gasteiger partial charge in [-0.2, -0.15) is 4.31 Å². The predicted molar refractivity (Wildman–Crippen MR) is 97.7 cm³/mol. The molecular weight excluding hydrogens is 402 g/mol. The van der Waals surface area contributed by atoms with Crippen molar-refractivity contribution in [2.24, 2.45) is 0 Å². The minimum Gasteiger partial charge on any atom is -0.315 e. The molecule has 2 heterocycles. The molecule has 2 aliphatic heterocycles. The van der Waals surface area contributed by atoms with E-state index in [1.54, 1.807) is 16.4 Å². The van der Waals surface area contributed by atoms with Gasteiger partial charge in [-0.1, -0.05) is 15.9 Å². The Labute approximate surface area is 153 Å². The molecule has 1 unspecified atom stereocenters. The summed E-state index contributed by atoms with van der Waals surface area (Å²) >= 11 is 3.42. The summed E-state index contributed by atoms with van der Waals surface area (Å²) < 4.78 is 28.1. The van der Waals surface area contributed by atoms with E-state index in [4.69, 9.17) is 0 Å². The van der Waals surface area contributed by atoms with Crippen LogP contribution in [0.2, 0.25) is 0 Å². The van der Waals surface area contributed by atoms with Crippen molar-refractivity contribution in [1.82, 2.24) is 14.5 Å². The summed E-state index contributed by atoms with van der Waals surface area (Å²) in [6, 6.07) is 5.80. The van der Waals surface area contributed by atoms with Gasteiger partial charge >= 0.3 is 0 Å². The largest absolute Gasteiger partial charge is 0.315 e. The molecule has 2 saturated heterocycles. The number of sulfonamides is 1. The van der Waals surface area contributed by atoms with E-state index in [9.17, 15) is 8.42 Å². The summed E-state index contributed by atoms with van der Waals surface area (Å²) in [5.74, 6) is 0. The van der Waals surface area contributed by atoms with Crippen molar-refractivity contribution < 1.29 is 8.42 Å². The Morgan fingerprint density at radius 1 is 1.22 bits per heavy atom. The van der Waals surface area contributed by atoms with Gasteiger partial charge in [0.15, 0.2) is 0 Å². The van der Waals surface area contributed by atoms with Crippen LogP contribution in [0.5, 0.6) is 0 Å². The lowest BCUT2D eigenvalue weighted by Crippen LogP contribution is -2.52. The molecular formula is C15H23BrClN3O2S. The van der Waals surface area contributed by atoms with Crippen molar-refractivity contribution in [3.8, 4) is 0 Å². The third kappa shape index (κ3) is 4.08. The molecule has 0 aromatic heterocycles. The molecule has 3 rings (SSSR count). The first kappa shape index (κ1) is 19.1. The van der Waals surface area contributed by atoms with Crippen molar-refractivity contribution in [2.45, 2.75) is 24.3 Å². The number of nitrogens with zero attached hydrogens (tertiary/aromatic N) is 2. The van der Waals surface area contributed by atoms with E-state index >= 15 is 0 Å². The number of nitrogens with one attached hydrogen (secondary N) is 1. The SMILES string of the molecule is Cc1cc(S(=O)(=O)N2CCN(C3CCNC3)CC2)ccc1Br.Cl. The van der Waals surface area contributed by atoms with Crippen LogP contribution in [0, 0.1) is 6.92 Å². The second kappa shape index (κ2) is 7.80. The summed E-state index contributed by atoms with van der Waals surface area (Å²) in [4.78, 5) is 2.81. The zero-order valence-corrected chi connectivity index (χ0v) is 16.4. The number of benzene rings is 1. The highest BCUT2D eigenvalue weighted by molar-refractivity contribution is 9.10. The van der Waals surface area contributed by atoms with Gasteiger partial charge in [0.25, 0.3) is 0 Å². The van der Waals surface area contributed by atoms with Gasteiger partial charge in [0.1, 0.15) is 0 Å². The lowest BCUT2D eigenvalue weighted by molar-refractivity contribution is 0.145. The molecule has 0 bridgehead atoms. The number of rotatable bonds is 3. The topological polar surface area (TPSA) is 52.7 Å². The molecule has 0 radical (unpaired) electrons. The summed E-state index contributed by atoms with van der Waals surface area (Å²) in [5, 5.41) is 3.37. The lowest BCUT2D eigenvalue weighted by atomic mass is 10.2. The van der Waals surface area contributed by atoms with Gasteiger partial charge in [-0.25, -0.2) is 8.42 Å². The molecule has 130 valence electrons. The van der Waals surface area contributed by atoms with Crippen LogP contribution in [0.15, 0.2) is 27.6 Å². The predicted octanol–water partition coefficient (Wildman–Crippen LogP) is 1.85. The quantitative estimate of drug-likeness (QED) is 0.804. The first-order valence-electron chi connectivity index (χ1n) is 7.69. The average Bonchev–Trinajstić information content (AvgIpc) is 3.04. The molecule has 5 nitrogen and oxygen atoms in total. The Morgan fingerprint density at radius 3 is 2.48 bits per heavy atom. The van der Waals surface area contributed by atoms with Crippen molar-refractivity contribution in [1.29, 1.82) is 0 Å². The van der Waals surface area contributed by atoms with Crippen LogP contribution in [-0.4, -0.2) is 62.9 Å². The number of halogens is 2. The Hall–Kier alpha value is -0.180. The Morgan fingerprint density at radius 2 is 1.91 bits per heavy atom. The van der Waals surface area contributed by atoms with Crippen molar-refractivity contribution in [2.75, 3.05) is 39.3 Å². The van der Waals surface area contributed by atoms with Crippen molar-refractivity contribution >= 4 is 38.4 Å². The highest BCUT2D eigenvalue weighted by atomic mass is 79.9. The van der Waals surface area contributed by atoms with Crippen LogP contribution in [0.4, 0.5) is 0 Å². The minimum absolute atomic E-state index is 0. The van der Waals surface area contributed by atoms with E-state index in [2.05, 4.69) is 26.1 Å².